The fourth-order valence-electron chi connectivity index (χ4n) is 3.63. The molecule has 2 fully saturated rings. The molecule has 0 bridgehead atoms. The van der Waals surface area contributed by atoms with E-state index in [-0.39, 0.29) is 19.8 Å². The van der Waals surface area contributed by atoms with Crippen LogP contribution < -0.4 is 15.0 Å². The fourth-order valence-corrected chi connectivity index (χ4v) is 3.63. The van der Waals surface area contributed by atoms with E-state index in [0.717, 1.165) is 35.2 Å². The van der Waals surface area contributed by atoms with E-state index in [0.29, 0.717) is 17.8 Å². The average molecular weight is 373 g/mol. The van der Waals surface area contributed by atoms with E-state index in [1.807, 2.05) is 12.3 Å². The van der Waals surface area contributed by atoms with Crippen molar-refractivity contribution >= 4 is 17.5 Å². The molecule has 1 saturated carbocycles. The number of fused-ring (bicyclic) bond motifs is 1. The Bertz CT molecular complexity index is 756. The minimum absolute atomic E-state index is 0.0168. The molecule has 0 radical (unpaired) electrons. The second-order valence-corrected chi connectivity index (χ2v) is 8.06. The largest absolute Gasteiger partial charge is 0.489 e. The molecule has 1 unspecified atom stereocenters. The Morgan fingerprint density at radius 1 is 1.41 bits per heavy atom. The van der Waals surface area contributed by atoms with Gasteiger partial charge in [-0.05, 0) is 44.7 Å². The highest BCUT2D eigenvalue weighted by Gasteiger charge is 2.40. The third-order valence-electron chi connectivity index (χ3n) is 5.80. The van der Waals surface area contributed by atoms with Crippen LogP contribution in [0.1, 0.15) is 37.3 Å². The van der Waals surface area contributed by atoms with Crippen molar-refractivity contribution in [1.82, 2.24) is 5.32 Å². The van der Waals surface area contributed by atoms with Crippen LogP contribution in [-0.4, -0.2) is 50.8 Å². The van der Waals surface area contributed by atoms with Crippen molar-refractivity contribution in [1.29, 1.82) is 5.41 Å². The van der Waals surface area contributed by atoms with Gasteiger partial charge >= 0.3 is 0 Å². The zero-order valence-corrected chi connectivity index (χ0v) is 16.1. The van der Waals surface area contributed by atoms with Crippen LogP contribution in [0.25, 0.3) is 5.57 Å². The molecule has 146 valence electrons. The first-order chi connectivity index (χ1) is 13.0. The first-order valence-electron chi connectivity index (χ1n) is 9.76. The summed E-state index contributed by atoms with van der Waals surface area (Å²) in [5.74, 6) is 0.711. The summed E-state index contributed by atoms with van der Waals surface area (Å²) < 4.78 is 25.6. The molecule has 2 N–H and O–H groups in total. The van der Waals surface area contributed by atoms with Gasteiger partial charge in [-0.3, -0.25) is 0 Å². The van der Waals surface area contributed by atoms with E-state index in [4.69, 9.17) is 14.9 Å². The summed E-state index contributed by atoms with van der Waals surface area (Å²) in [7, 11) is 2.09. The lowest BCUT2D eigenvalue weighted by Gasteiger charge is -2.37. The van der Waals surface area contributed by atoms with Gasteiger partial charge in [0.05, 0.1) is 13.2 Å². The standard InChI is InChI=1S/C21H28FN3O2/c1-14-3-6-18-19(25(14)2)8-7-17(15(9-23)10-24-16-4-5-16)20(18)27-13-21(22)11-26-12-21/h7-10,14,16,23-24H,3-6,11-13H2,1-2H3/b15-10+,23-9?. The van der Waals surface area contributed by atoms with Gasteiger partial charge in [0.2, 0.25) is 0 Å². The van der Waals surface area contributed by atoms with Crippen LogP contribution in [0.3, 0.4) is 0 Å². The molecular weight excluding hydrogens is 345 g/mol. The van der Waals surface area contributed by atoms with Gasteiger partial charge < -0.3 is 25.1 Å². The maximum Gasteiger partial charge on any atom is 0.190 e. The molecule has 27 heavy (non-hydrogen) atoms. The first-order valence-corrected chi connectivity index (χ1v) is 9.76. The lowest BCUT2D eigenvalue weighted by atomic mass is 9.92. The van der Waals surface area contributed by atoms with Crippen molar-refractivity contribution in [2.75, 3.05) is 31.8 Å². The molecule has 5 nitrogen and oxygen atoms in total. The van der Waals surface area contributed by atoms with E-state index in [1.54, 1.807) is 0 Å². The molecule has 0 aromatic heterocycles. The maximum absolute atomic E-state index is 14.5. The zero-order chi connectivity index (χ0) is 19.0. The monoisotopic (exact) mass is 373 g/mol. The summed E-state index contributed by atoms with van der Waals surface area (Å²) in [5.41, 5.74) is 2.44. The molecule has 4 rings (SSSR count). The summed E-state index contributed by atoms with van der Waals surface area (Å²) in [6.07, 6.45) is 7.49. The van der Waals surface area contributed by atoms with E-state index in [9.17, 15) is 4.39 Å². The van der Waals surface area contributed by atoms with Crippen molar-refractivity contribution in [3.05, 3.63) is 29.5 Å². The molecule has 2 heterocycles. The molecule has 1 aliphatic carbocycles. The molecule has 2 aliphatic heterocycles. The second kappa shape index (κ2) is 7.15. The van der Waals surface area contributed by atoms with Gasteiger partial charge in [-0.15, -0.1) is 0 Å². The summed E-state index contributed by atoms with van der Waals surface area (Å²) in [6.45, 7) is 2.37. The smallest absolute Gasteiger partial charge is 0.190 e. The number of allylic oxidation sites excluding steroid dienone is 1. The number of nitrogens with zero attached hydrogens (tertiary/aromatic N) is 1. The Hall–Kier alpha value is -2.08. The number of hydrogen-bond donors (Lipinski definition) is 2. The van der Waals surface area contributed by atoms with Crippen molar-refractivity contribution in [2.45, 2.75) is 50.4 Å². The van der Waals surface area contributed by atoms with E-state index in [2.05, 4.69) is 30.3 Å². The lowest BCUT2D eigenvalue weighted by molar-refractivity contribution is -0.146. The average Bonchev–Trinajstić information content (AvgIpc) is 3.46. The van der Waals surface area contributed by atoms with Gasteiger partial charge in [-0.1, -0.05) is 0 Å². The van der Waals surface area contributed by atoms with Crippen LogP contribution in [0.5, 0.6) is 5.75 Å². The number of rotatable bonds is 7. The van der Waals surface area contributed by atoms with E-state index < -0.39 is 5.67 Å². The van der Waals surface area contributed by atoms with Gasteiger partial charge in [0.1, 0.15) is 12.4 Å². The number of alkyl halides is 1. The predicted molar refractivity (Wildman–Crippen MR) is 106 cm³/mol. The lowest BCUT2D eigenvalue weighted by Crippen LogP contribution is -2.50. The molecule has 0 spiro atoms. The number of hydrogen-bond acceptors (Lipinski definition) is 5. The van der Waals surface area contributed by atoms with Crippen molar-refractivity contribution in [3.8, 4) is 5.75 Å². The Morgan fingerprint density at radius 2 is 2.19 bits per heavy atom. The van der Waals surface area contributed by atoms with E-state index in [1.165, 1.54) is 19.1 Å². The Labute approximate surface area is 160 Å². The fraction of sp³-hybridized carbons (Fsp3) is 0.571. The van der Waals surface area contributed by atoms with Crippen molar-refractivity contribution in [2.24, 2.45) is 0 Å². The summed E-state index contributed by atoms with van der Waals surface area (Å²) in [4.78, 5) is 2.25. The second-order valence-electron chi connectivity index (χ2n) is 8.06. The topological polar surface area (TPSA) is 57.6 Å². The number of ether oxygens (including phenoxy) is 2. The number of benzene rings is 1. The Morgan fingerprint density at radius 3 is 2.81 bits per heavy atom. The summed E-state index contributed by atoms with van der Waals surface area (Å²) in [6, 6.07) is 5.06. The highest BCUT2D eigenvalue weighted by Crippen LogP contribution is 2.41. The minimum atomic E-state index is -1.41. The molecule has 1 atom stereocenters. The van der Waals surface area contributed by atoms with E-state index >= 15 is 0 Å². The predicted octanol–water partition coefficient (Wildman–Crippen LogP) is 3.32. The minimum Gasteiger partial charge on any atom is -0.489 e. The van der Waals surface area contributed by atoms with Crippen LogP contribution >= 0.6 is 0 Å². The Kier molecular flexibility index (Phi) is 4.84. The molecule has 3 aliphatic rings. The normalized spacial score (nSPS) is 24.0. The summed E-state index contributed by atoms with van der Waals surface area (Å²) >= 11 is 0. The number of nitrogens with one attached hydrogen (secondary N) is 2. The molecular formula is C21H28FN3O2. The van der Waals surface area contributed by atoms with Gasteiger partial charge in [-0.25, -0.2) is 4.39 Å². The van der Waals surface area contributed by atoms with Gasteiger partial charge in [0, 0.05) is 53.9 Å². The summed E-state index contributed by atoms with van der Waals surface area (Å²) in [5, 5.41) is 11.2. The highest BCUT2D eigenvalue weighted by atomic mass is 19.1. The molecule has 1 aromatic carbocycles. The van der Waals surface area contributed by atoms with Gasteiger partial charge in [-0.2, -0.15) is 0 Å². The third kappa shape index (κ3) is 3.68. The first kappa shape index (κ1) is 18.3. The molecule has 1 aromatic rings. The van der Waals surface area contributed by atoms with Crippen molar-refractivity contribution < 1.29 is 13.9 Å². The molecule has 0 amide bonds. The van der Waals surface area contributed by atoms with Crippen LogP contribution in [0.2, 0.25) is 0 Å². The zero-order valence-electron chi connectivity index (χ0n) is 16.1. The SMILES string of the molecule is CC1CCc2c(ccc(/C(C=N)=C/NC3CC3)c2OCC2(F)COC2)N1C. The van der Waals surface area contributed by atoms with Crippen LogP contribution in [0.4, 0.5) is 10.1 Å². The molecule has 6 heteroatoms. The van der Waals surface area contributed by atoms with Crippen LogP contribution in [0.15, 0.2) is 18.3 Å². The van der Waals surface area contributed by atoms with Crippen LogP contribution in [-0.2, 0) is 11.2 Å². The third-order valence-corrected chi connectivity index (χ3v) is 5.80. The molecule has 1 saturated heterocycles. The van der Waals surface area contributed by atoms with Gasteiger partial charge in [0.25, 0.3) is 0 Å². The highest BCUT2D eigenvalue weighted by molar-refractivity contribution is 6.09. The van der Waals surface area contributed by atoms with Crippen molar-refractivity contribution in [3.63, 3.8) is 0 Å². The number of anilines is 1. The van der Waals surface area contributed by atoms with Gasteiger partial charge in [0.15, 0.2) is 5.67 Å². The maximum atomic E-state index is 14.5. The number of halogens is 1. The Balaban J connectivity index is 1.70. The quantitative estimate of drug-likeness (QED) is 0.720. The van der Waals surface area contributed by atoms with Crippen LogP contribution in [0, 0.1) is 5.41 Å².